The maximum atomic E-state index is 12.5. The lowest BCUT2D eigenvalue weighted by molar-refractivity contribution is -0.132. The van der Waals surface area contributed by atoms with Crippen LogP contribution in [0.1, 0.15) is 66.2 Å². The molecule has 0 spiro atoms. The summed E-state index contributed by atoms with van der Waals surface area (Å²) in [5, 5.41) is 12.8. The van der Waals surface area contributed by atoms with Crippen molar-refractivity contribution >= 4 is 5.91 Å². The average molecular weight is 269 g/mol. The predicted molar refractivity (Wildman–Crippen MR) is 78.8 cm³/mol. The summed E-state index contributed by atoms with van der Waals surface area (Å²) in [6, 6.07) is 0. The molecule has 1 aliphatic carbocycles. The molecule has 19 heavy (non-hydrogen) atoms. The molecule has 1 unspecified atom stereocenters. The van der Waals surface area contributed by atoms with E-state index in [2.05, 4.69) is 33.0 Å². The first-order chi connectivity index (χ1) is 8.85. The Morgan fingerprint density at radius 3 is 2.21 bits per heavy atom. The molecule has 1 rings (SSSR count). The normalized spacial score (nSPS) is 19.9. The largest absolute Gasteiger partial charge is 0.391 e. The summed E-state index contributed by atoms with van der Waals surface area (Å²) in [6.07, 6.45) is 5.65. The summed E-state index contributed by atoms with van der Waals surface area (Å²) in [6.45, 7) is 8.93. The Kier molecular flexibility index (Phi) is 6.31. The molecule has 3 heteroatoms. The minimum Gasteiger partial charge on any atom is -0.391 e. The summed E-state index contributed by atoms with van der Waals surface area (Å²) >= 11 is 0. The Morgan fingerprint density at radius 2 is 1.74 bits per heavy atom. The zero-order chi connectivity index (χ0) is 14.5. The van der Waals surface area contributed by atoms with Gasteiger partial charge in [0.05, 0.1) is 6.10 Å². The SMILES string of the molecule is CC(C)CC(O)CNC(=O)C1(CC(C)C)CCCC1. The van der Waals surface area contributed by atoms with Crippen molar-refractivity contribution in [3.63, 3.8) is 0 Å². The third-order valence-corrected chi connectivity index (χ3v) is 4.08. The summed E-state index contributed by atoms with van der Waals surface area (Å²) in [7, 11) is 0. The van der Waals surface area contributed by atoms with Crippen LogP contribution >= 0.6 is 0 Å². The van der Waals surface area contributed by atoms with Crippen LogP contribution in [-0.4, -0.2) is 23.7 Å². The van der Waals surface area contributed by atoms with Crippen LogP contribution < -0.4 is 5.32 Å². The Bertz CT molecular complexity index is 280. The number of amides is 1. The first-order valence-electron chi connectivity index (χ1n) is 7.82. The van der Waals surface area contributed by atoms with Crippen molar-refractivity contribution in [3.05, 3.63) is 0 Å². The van der Waals surface area contributed by atoms with E-state index in [1.54, 1.807) is 0 Å². The molecule has 1 aliphatic rings. The molecule has 1 saturated carbocycles. The quantitative estimate of drug-likeness (QED) is 0.746. The highest BCUT2D eigenvalue weighted by Gasteiger charge is 2.41. The summed E-state index contributed by atoms with van der Waals surface area (Å²) < 4.78 is 0. The summed E-state index contributed by atoms with van der Waals surface area (Å²) in [4.78, 5) is 12.5. The highest BCUT2D eigenvalue weighted by molar-refractivity contribution is 5.82. The second kappa shape index (κ2) is 7.28. The Balaban J connectivity index is 2.49. The van der Waals surface area contributed by atoms with Crippen LogP contribution in [0, 0.1) is 17.3 Å². The first kappa shape index (κ1) is 16.5. The van der Waals surface area contributed by atoms with Crippen molar-refractivity contribution in [2.24, 2.45) is 17.3 Å². The van der Waals surface area contributed by atoms with Gasteiger partial charge in [-0.25, -0.2) is 0 Å². The fourth-order valence-electron chi connectivity index (χ4n) is 3.38. The van der Waals surface area contributed by atoms with Gasteiger partial charge in [0.25, 0.3) is 0 Å². The standard InChI is InChI=1S/C16H31NO2/c1-12(2)9-14(18)11-17-15(19)16(10-13(3)4)7-5-6-8-16/h12-14,18H,5-11H2,1-4H3,(H,17,19). The summed E-state index contributed by atoms with van der Waals surface area (Å²) in [5.41, 5.74) is -0.161. The lowest BCUT2D eigenvalue weighted by Crippen LogP contribution is -2.43. The van der Waals surface area contributed by atoms with Crippen LogP contribution in [0.2, 0.25) is 0 Å². The Morgan fingerprint density at radius 1 is 1.16 bits per heavy atom. The molecule has 0 heterocycles. The van der Waals surface area contributed by atoms with Gasteiger partial charge in [0.2, 0.25) is 5.91 Å². The molecule has 0 aromatic heterocycles. The number of aliphatic hydroxyl groups excluding tert-OH is 1. The zero-order valence-electron chi connectivity index (χ0n) is 13.0. The number of carbonyl (C=O) groups is 1. The van der Waals surface area contributed by atoms with Gasteiger partial charge in [-0.05, 0) is 37.5 Å². The van der Waals surface area contributed by atoms with Gasteiger partial charge in [-0.1, -0.05) is 40.5 Å². The van der Waals surface area contributed by atoms with Crippen LogP contribution in [-0.2, 0) is 4.79 Å². The van der Waals surface area contributed by atoms with E-state index < -0.39 is 6.10 Å². The molecule has 0 radical (unpaired) electrons. The van der Waals surface area contributed by atoms with Gasteiger partial charge in [-0.2, -0.15) is 0 Å². The second-order valence-electron chi connectivity index (χ2n) is 7.08. The predicted octanol–water partition coefficient (Wildman–Crippen LogP) is 3.12. The molecule has 1 fully saturated rings. The summed E-state index contributed by atoms with van der Waals surface area (Å²) in [5.74, 6) is 1.17. The van der Waals surface area contributed by atoms with Crippen molar-refractivity contribution in [2.45, 2.75) is 72.3 Å². The van der Waals surface area contributed by atoms with E-state index in [9.17, 15) is 9.90 Å². The minimum atomic E-state index is -0.415. The first-order valence-corrected chi connectivity index (χ1v) is 7.82. The molecule has 0 saturated heterocycles. The topological polar surface area (TPSA) is 49.3 Å². The highest BCUT2D eigenvalue weighted by Crippen LogP contribution is 2.43. The van der Waals surface area contributed by atoms with E-state index in [0.29, 0.717) is 18.4 Å². The van der Waals surface area contributed by atoms with Crippen molar-refractivity contribution < 1.29 is 9.90 Å². The number of nitrogens with one attached hydrogen (secondary N) is 1. The van der Waals surface area contributed by atoms with E-state index in [0.717, 1.165) is 38.5 Å². The number of rotatable bonds is 7. The molecule has 1 atom stereocenters. The molecule has 0 aromatic carbocycles. The Labute approximate surface area is 118 Å². The van der Waals surface area contributed by atoms with Crippen LogP contribution in [0.3, 0.4) is 0 Å². The van der Waals surface area contributed by atoms with E-state index >= 15 is 0 Å². The fraction of sp³-hybridized carbons (Fsp3) is 0.938. The van der Waals surface area contributed by atoms with Gasteiger partial charge in [0, 0.05) is 12.0 Å². The molecule has 0 aliphatic heterocycles. The van der Waals surface area contributed by atoms with Crippen molar-refractivity contribution in [1.29, 1.82) is 0 Å². The Hall–Kier alpha value is -0.570. The van der Waals surface area contributed by atoms with Crippen LogP contribution in [0.15, 0.2) is 0 Å². The van der Waals surface area contributed by atoms with Crippen molar-refractivity contribution in [2.75, 3.05) is 6.54 Å². The molecule has 0 aromatic rings. The third-order valence-electron chi connectivity index (χ3n) is 4.08. The zero-order valence-corrected chi connectivity index (χ0v) is 13.0. The molecular weight excluding hydrogens is 238 g/mol. The van der Waals surface area contributed by atoms with E-state index in [1.807, 2.05) is 0 Å². The smallest absolute Gasteiger partial charge is 0.226 e. The fourth-order valence-corrected chi connectivity index (χ4v) is 3.38. The van der Waals surface area contributed by atoms with Gasteiger partial charge in [0.15, 0.2) is 0 Å². The van der Waals surface area contributed by atoms with Crippen molar-refractivity contribution in [3.8, 4) is 0 Å². The maximum Gasteiger partial charge on any atom is 0.226 e. The van der Waals surface area contributed by atoms with E-state index in [1.165, 1.54) is 0 Å². The molecule has 112 valence electrons. The molecule has 3 nitrogen and oxygen atoms in total. The van der Waals surface area contributed by atoms with Gasteiger partial charge in [0.1, 0.15) is 0 Å². The number of aliphatic hydroxyl groups is 1. The lowest BCUT2D eigenvalue weighted by atomic mass is 9.77. The molecule has 0 bridgehead atoms. The number of hydrogen-bond acceptors (Lipinski definition) is 2. The van der Waals surface area contributed by atoms with Crippen LogP contribution in [0.25, 0.3) is 0 Å². The maximum absolute atomic E-state index is 12.5. The molecular formula is C16H31NO2. The average Bonchev–Trinajstić information content (AvgIpc) is 2.73. The monoisotopic (exact) mass is 269 g/mol. The van der Waals surface area contributed by atoms with Gasteiger partial charge >= 0.3 is 0 Å². The van der Waals surface area contributed by atoms with Crippen molar-refractivity contribution in [1.82, 2.24) is 5.32 Å². The van der Waals surface area contributed by atoms with E-state index in [4.69, 9.17) is 0 Å². The van der Waals surface area contributed by atoms with Crippen LogP contribution in [0.5, 0.6) is 0 Å². The van der Waals surface area contributed by atoms with Crippen LogP contribution in [0.4, 0.5) is 0 Å². The molecule has 2 N–H and O–H groups in total. The second-order valence-corrected chi connectivity index (χ2v) is 7.08. The number of carbonyl (C=O) groups excluding carboxylic acids is 1. The minimum absolute atomic E-state index is 0.161. The highest BCUT2D eigenvalue weighted by atomic mass is 16.3. The van der Waals surface area contributed by atoms with Gasteiger partial charge in [-0.15, -0.1) is 0 Å². The lowest BCUT2D eigenvalue weighted by Gasteiger charge is -2.30. The van der Waals surface area contributed by atoms with Gasteiger partial charge in [-0.3, -0.25) is 4.79 Å². The molecule has 1 amide bonds. The van der Waals surface area contributed by atoms with E-state index in [-0.39, 0.29) is 11.3 Å². The third kappa shape index (κ3) is 5.13. The van der Waals surface area contributed by atoms with Gasteiger partial charge < -0.3 is 10.4 Å². The number of hydrogen-bond donors (Lipinski definition) is 2.